The standard InChI is InChI=1S/C16H28N2/c1-5-15(6-2)17-12-13-18(7-3)16-11-9-8-10-14(16)4/h8-11,15,17H,5-7,12-13H2,1-4H3. The van der Waals surface area contributed by atoms with E-state index in [1.807, 2.05) is 0 Å². The zero-order valence-electron chi connectivity index (χ0n) is 12.4. The summed E-state index contributed by atoms with van der Waals surface area (Å²) < 4.78 is 0. The smallest absolute Gasteiger partial charge is 0.0396 e. The fourth-order valence-electron chi connectivity index (χ4n) is 2.35. The first kappa shape index (κ1) is 15.0. The Bertz CT molecular complexity index is 332. The fourth-order valence-corrected chi connectivity index (χ4v) is 2.35. The Labute approximate surface area is 112 Å². The van der Waals surface area contributed by atoms with Crippen molar-refractivity contribution in [2.45, 2.75) is 46.6 Å². The van der Waals surface area contributed by atoms with Crippen molar-refractivity contribution in [1.29, 1.82) is 0 Å². The lowest BCUT2D eigenvalue weighted by atomic mass is 10.1. The maximum absolute atomic E-state index is 3.63. The van der Waals surface area contributed by atoms with Gasteiger partial charge in [0.25, 0.3) is 0 Å². The summed E-state index contributed by atoms with van der Waals surface area (Å²) in [5.74, 6) is 0. The molecule has 0 radical (unpaired) electrons. The minimum Gasteiger partial charge on any atom is -0.370 e. The lowest BCUT2D eigenvalue weighted by molar-refractivity contribution is 0.487. The zero-order chi connectivity index (χ0) is 13.4. The van der Waals surface area contributed by atoms with Gasteiger partial charge in [0.2, 0.25) is 0 Å². The molecule has 0 atom stereocenters. The minimum atomic E-state index is 0.667. The lowest BCUT2D eigenvalue weighted by Gasteiger charge is -2.26. The van der Waals surface area contributed by atoms with Gasteiger partial charge in [-0.15, -0.1) is 0 Å². The third kappa shape index (κ3) is 4.34. The zero-order valence-corrected chi connectivity index (χ0v) is 12.4. The summed E-state index contributed by atoms with van der Waals surface area (Å²) in [6.45, 7) is 12.1. The summed E-state index contributed by atoms with van der Waals surface area (Å²) in [6, 6.07) is 9.30. The molecule has 1 rings (SSSR count). The monoisotopic (exact) mass is 248 g/mol. The van der Waals surface area contributed by atoms with Gasteiger partial charge in [0.05, 0.1) is 0 Å². The number of nitrogens with zero attached hydrogens (tertiary/aromatic N) is 1. The summed E-state index contributed by atoms with van der Waals surface area (Å²) in [5, 5.41) is 3.63. The van der Waals surface area contributed by atoms with E-state index in [0.717, 1.165) is 19.6 Å². The van der Waals surface area contributed by atoms with E-state index in [-0.39, 0.29) is 0 Å². The van der Waals surface area contributed by atoms with Crippen molar-refractivity contribution in [3.63, 3.8) is 0 Å². The second-order valence-corrected chi connectivity index (χ2v) is 4.83. The first-order valence-electron chi connectivity index (χ1n) is 7.26. The molecule has 0 spiro atoms. The van der Waals surface area contributed by atoms with Gasteiger partial charge in [-0.25, -0.2) is 0 Å². The molecule has 0 aromatic heterocycles. The SMILES string of the molecule is CCC(CC)NCCN(CC)c1ccccc1C. The van der Waals surface area contributed by atoms with E-state index < -0.39 is 0 Å². The van der Waals surface area contributed by atoms with Gasteiger partial charge < -0.3 is 10.2 Å². The van der Waals surface area contributed by atoms with E-state index in [1.165, 1.54) is 24.1 Å². The second kappa shape index (κ2) is 8.15. The highest BCUT2D eigenvalue weighted by molar-refractivity contribution is 5.52. The summed E-state index contributed by atoms with van der Waals surface area (Å²) >= 11 is 0. The van der Waals surface area contributed by atoms with Gasteiger partial charge >= 0.3 is 0 Å². The van der Waals surface area contributed by atoms with E-state index in [4.69, 9.17) is 0 Å². The van der Waals surface area contributed by atoms with E-state index in [9.17, 15) is 0 Å². The quantitative estimate of drug-likeness (QED) is 0.756. The number of likely N-dealkylation sites (N-methyl/N-ethyl adjacent to an activating group) is 1. The predicted octanol–water partition coefficient (Wildman–Crippen LogP) is 3.60. The first-order chi connectivity index (χ1) is 8.72. The Kier molecular flexibility index (Phi) is 6.81. The van der Waals surface area contributed by atoms with Crippen LogP contribution in [0.3, 0.4) is 0 Å². The Morgan fingerprint density at radius 2 is 1.78 bits per heavy atom. The molecule has 0 heterocycles. The van der Waals surface area contributed by atoms with Crippen LogP contribution in [0.5, 0.6) is 0 Å². The summed E-state index contributed by atoms with van der Waals surface area (Å²) in [6.07, 6.45) is 2.43. The maximum Gasteiger partial charge on any atom is 0.0396 e. The summed E-state index contributed by atoms with van der Waals surface area (Å²) in [5.41, 5.74) is 2.73. The van der Waals surface area contributed by atoms with Crippen LogP contribution in [-0.2, 0) is 0 Å². The van der Waals surface area contributed by atoms with Crippen LogP contribution in [0.4, 0.5) is 5.69 Å². The fraction of sp³-hybridized carbons (Fsp3) is 0.625. The molecule has 1 aromatic rings. The molecular formula is C16H28N2. The van der Waals surface area contributed by atoms with Crippen LogP contribution < -0.4 is 10.2 Å². The van der Waals surface area contributed by atoms with E-state index >= 15 is 0 Å². The molecule has 102 valence electrons. The van der Waals surface area contributed by atoms with Crippen LogP contribution in [0.1, 0.15) is 39.2 Å². The molecule has 0 fully saturated rings. The number of para-hydroxylation sites is 1. The summed E-state index contributed by atoms with van der Waals surface area (Å²) in [4.78, 5) is 2.45. The van der Waals surface area contributed by atoms with Crippen molar-refractivity contribution < 1.29 is 0 Å². The van der Waals surface area contributed by atoms with E-state index in [1.54, 1.807) is 0 Å². The number of hydrogen-bond acceptors (Lipinski definition) is 2. The van der Waals surface area contributed by atoms with Gasteiger partial charge in [-0.1, -0.05) is 32.0 Å². The molecule has 0 aliphatic carbocycles. The number of aryl methyl sites for hydroxylation is 1. The van der Waals surface area contributed by atoms with Crippen molar-refractivity contribution in [2.24, 2.45) is 0 Å². The van der Waals surface area contributed by atoms with Gasteiger partial charge in [0, 0.05) is 31.4 Å². The number of hydrogen-bond donors (Lipinski definition) is 1. The van der Waals surface area contributed by atoms with Crippen molar-refractivity contribution in [3.8, 4) is 0 Å². The average molecular weight is 248 g/mol. The molecular weight excluding hydrogens is 220 g/mol. The lowest BCUT2D eigenvalue weighted by Crippen LogP contribution is -2.37. The highest BCUT2D eigenvalue weighted by Gasteiger charge is 2.07. The Morgan fingerprint density at radius 1 is 1.11 bits per heavy atom. The molecule has 0 aliphatic rings. The van der Waals surface area contributed by atoms with Crippen molar-refractivity contribution in [1.82, 2.24) is 5.32 Å². The van der Waals surface area contributed by atoms with Crippen LogP contribution in [0.15, 0.2) is 24.3 Å². The van der Waals surface area contributed by atoms with Crippen molar-refractivity contribution in [3.05, 3.63) is 29.8 Å². The molecule has 1 N–H and O–H groups in total. The number of nitrogens with one attached hydrogen (secondary N) is 1. The predicted molar refractivity (Wildman–Crippen MR) is 81.4 cm³/mol. The molecule has 0 bridgehead atoms. The average Bonchev–Trinajstić information content (AvgIpc) is 2.40. The first-order valence-corrected chi connectivity index (χ1v) is 7.26. The molecule has 0 saturated carbocycles. The largest absolute Gasteiger partial charge is 0.370 e. The summed E-state index contributed by atoms with van der Waals surface area (Å²) in [7, 11) is 0. The van der Waals surface area contributed by atoms with E-state index in [0.29, 0.717) is 6.04 Å². The van der Waals surface area contributed by atoms with Gasteiger partial charge in [0.1, 0.15) is 0 Å². The molecule has 2 heteroatoms. The molecule has 0 amide bonds. The third-order valence-corrected chi connectivity index (χ3v) is 3.64. The van der Waals surface area contributed by atoms with Gasteiger partial charge in [-0.3, -0.25) is 0 Å². The maximum atomic E-state index is 3.63. The van der Waals surface area contributed by atoms with Gasteiger partial charge in [-0.05, 0) is 38.3 Å². The van der Waals surface area contributed by atoms with Crippen LogP contribution in [0.2, 0.25) is 0 Å². The van der Waals surface area contributed by atoms with Crippen molar-refractivity contribution in [2.75, 3.05) is 24.5 Å². The molecule has 0 saturated heterocycles. The molecule has 0 aliphatic heterocycles. The molecule has 1 aromatic carbocycles. The Hall–Kier alpha value is -1.02. The molecule has 2 nitrogen and oxygen atoms in total. The number of rotatable bonds is 8. The second-order valence-electron chi connectivity index (χ2n) is 4.83. The van der Waals surface area contributed by atoms with Gasteiger partial charge in [0.15, 0.2) is 0 Å². The molecule has 18 heavy (non-hydrogen) atoms. The van der Waals surface area contributed by atoms with Crippen LogP contribution in [0, 0.1) is 6.92 Å². The topological polar surface area (TPSA) is 15.3 Å². The van der Waals surface area contributed by atoms with Crippen LogP contribution >= 0.6 is 0 Å². The molecule has 0 unspecified atom stereocenters. The third-order valence-electron chi connectivity index (χ3n) is 3.64. The van der Waals surface area contributed by atoms with Gasteiger partial charge in [-0.2, -0.15) is 0 Å². The van der Waals surface area contributed by atoms with Crippen LogP contribution in [-0.4, -0.2) is 25.7 Å². The van der Waals surface area contributed by atoms with E-state index in [2.05, 4.69) is 62.2 Å². The normalized spacial score (nSPS) is 10.9. The Balaban J connectivity index is 2.50. The van der Waals surface area contributed by atoms with Crippen LogP contribution in [0.25, 0.3) is 0 Å². The number of benzene rings is 1. The minimum absolute atomic E-state index is 0.667. The van der Waals surface area contributed by atoms with Crippen molar-refractivity contribution >= 4 is 5.69 Å². The number of anilines is 1. The highest BCUT2D eigenvalue weighted by Crippen LogP contribution is 2.18. The Morgan fingerprint density at radius 3 is 2.33 bits per heavy atom. The highest BCUT2D eigenvalue weighted by atomic mass is 15.1.